The SMILES string of the molecule is C=CC(=O)OC(CCC)[SiH](Cl)Cl. The van der Waals surface area contributed by atoms with Gasteiger partial charge in [-0.05, 0) is 6.42 Å². The molecule has 5 heteroatoms. The van der Waals surface area contributed by atoms with Gasteiger partial charge in [-0.2, -0.15) is 0 Å². The number of hydrogen-bond acceptors (Lipinski definition) is 2. The fraction of sp³-hybridized carbons (Fsp3) is 0.571. The van der Waals surface area contributed by atoms with Crippen LogP contribution >= 0.6 is 22.2 Å². The summed E-state index contributed by atoms with van der Waals surface area (Å²) in [6.45, 7) is 5.27. The van der Waals surface area contributed by atoms with Crippen molar-refractivity contribution in [2.75, 3.05) is 0 Å². The molecule has 0 bridgehead atoms. The van der Waals surface area contributed by atoms with Crippen LogP contribution in [0, 0.1) is 0 Å². The minimum Gasteiger partial charge on any atom is -0.460 e. The number of carbonyl (C=O) groups is 1. The van der Waals surface area contributed by atoms with Gasteiger partial charge in [-0.15, -0.1) is 22.2 Å². The van der Waals surface area contributed by atoms with E-state index in [9.17, 15) is 4.79 Å². The van der Waals surface area contributed by atoms with Gasteiger partial charge in [0.25, 0.3) is 7.42 Å². The summed E-state index contributed by atoms with van der Waals surface area (Å²) in [5.41, 5.74) is -0.288. The van der Waals surface area contributed by atoms with Gasteiger partial charge in [0, 0.05) is 6.08 Å². The van der Waals surface area contributed by atoms with Crippen LogP contribution in [-0.4, -0.2) is 19.1 Å². The zero-order chi connectivity index (χ0) is 9.56. The summed E-state index contributed by atoms with van der Waals surface area (Å²) in [5.74, 6) is -0.452. The predicted molar refractivity (Wildman–Crippen MR) is 53.8 cm³/mol. The van der Waals surface area contributed by atoms with Crippen LogP contribution in [0.5, 0.6) is 0 Å². The molecule has 0 N–H and O–H groups in total. The first-order valence-electron chi connectivity index (χ1n) is 3.73. The van der Waals surface area contributed by atoms with Crippen LogP contribution in [0.15, 0.2) is 12.7 Å². The lowest BCUT2D eigenvalue weighted by Crippen LogP contribution is -2.26. The summed E-state index contributed by atoms with van der Waals surface area (Å²) in [5, 5.41) is 0. The van der Waals surface area contributed by atoms with Crippen LogP contribution in [0.1, 0.15) is 19.8 Å². The molecule has 0 aromatic heterocycles. The van der Waals surface area contributed by atoms with E-state index in [1.807, 2.05) is 6.92 Å². The summed E-state index contributed by atoms with van der Waals surface area (Å²) >= 11 is 11.4. The molecule has 0 aromatic carbocycles. The van der Waals surface area contributed by atoms with Gasteiger partial charge in [0.2, 0.25) is 0 Å². The van der Waals surface area contributed by atoms with E-state index >= 15 is 0 Å². The second-order valence-electron chi connectivity index (χ2n) is 2.30. The summed E-state index contributed by atoms with van der Waals surface area (Å²) < 4.78 is 4.94. The van der Waals surface area contributed by atoms with Gasteiger partial charge in [-0.3, -0.25) is 0 Å². The molecule has 0 amide bonds. The average Bonchev–Trinajstić information content (AvgIpc) is 2.03. The highest BCUT2D eigenvalue weighted by Gasteiger charge is 2.21. The second kappa shape index (κ2) is 6.52. The van der Waals surface area contributed by atoms with Gasteiger partial charge in [0.05, 0.1) is 0 Å². The smallest absolute Gasteiger partial charge is 0.330 e. The molecule has 0 aliphatic carbocycles. The number of rotatable bonds is 5. The van der Waals surface area contributed by atoms with Crippen molar-refractivity contribution >= 4 is 35.5 Å². The number of carbonyl (C=O) groups excluding carboxylic acids is 1. The predicted octanol–water partition coefficient (Wildman–Crippen LogP) is 2.12. The molecule has 70 valence electrons. The molecule has 0 aromatic rings. The quantitative estimate of drug-likeness (QED) is 0.311. The molecule has 0 heterocycles. The van der Waals surface area contributed by atoms with Crippen LogP contribution in [0.4, 0.5) is 0 Å². The molecule has 2 nitrogen and oxygen atoms in total. The second-order valence-corrected chi connectivity index (χ2v) is 7.21. The molecular weight excluding hydrogens is 215 g/mol. The lowest BCUT2D eigenvalue weighted by molar-refractivity contribution is -0.139. The van der Waals surface area contributed by atoms with Gasteiger partial charge in [-0.25, -0.2) is 4.79 Å². The average molecular weight is 227 g/mol. The highest BCUT2D eigenvalue weighted by atomic mass is 35.7. The number of hydrogen-bond donors (Lipinski definition) is 0. The largest absolute Gasteiger partial charge is 0.460 e. The summed E-state index contributed by atoms with van der Waals surface area (Å²) in [7, 11) is -1.92. The van der Waals surface area contributed by atoms with Crippen molar-refractivity contribution in [3.8, 4) is 0 Å². The summed E-state index contributed by atoms with van der Waals surface area (Å²) in [6.07, 6.45) is 2.74. The van der Waals surface area contributed by atoms with Crippen molar-refractivity contribution in [1.82, 2.24) is 0 Å². The highest BCUT2D eigenvalue weighted by molar-refractivity contribution is 7.34. The Labute approximate surface area is 83.5 Å². The van der Waals surface area contributed by atoms with Gasteiger partial charge in [-0.1, -0.05) is 19.9 Å². The Balaban J connectivity index is 3.94. The van der Waals surface area contributed by atoms with E-state index < -0.39 is 13.4 Å². The van der Waals surface area contributed by atoms with Gasteiger partial charge in [0.15, 0.2) is 0 Å². The molecule has 0 aliphatic heterocycles. The third-order valence-electron chi connectivity index (χ3n) is 1.29. The van der Waals surface area contributed by atoms with E-state index in [-0.39, 0.29) is 5.73 Å². The lowest BCUT2D eigenvalue weighted by Gasteiger charge is -2.15. The van der Waals surface area contributed by atoms with E-state index in [0.717, 1.165) is 18.9 Å². The van der Waals surface area contributed by atoms with Crippen LogP contribution < -0.4 is 0 Å². The molecule has 0 rings (SSSR count). The van der Waals surface area contributed by atoms with Crippen LogP contribution in [0.25, 0.3) is 0 Å². The Morgan fingerprint density at radius 3 is 2.67 bits per heavy atom. The fourth-order valence-corrected chi connectivity index (χ4v) is 2.61. The molecule has 1 atom stereocenters. The van der Waals surface area contributed by atoms with Crippen LogP contribution in [0.2, 0.25) is 0 Å². The van der Waals surface area contributed by atoms with E-state index in [1.54, 1.807) is 0 Å². The van der Waals surface area contributed by atoms with Crippen molar-refractivity contribution in [3.63, 3.8) is 0 Å². The molecule has 0 spiro atoms. The first-order valence-corrected chi connectivity index (χ1v) is 7.88. The maximum Gasteiger partial charge on any atom is 0.330 e. The molecule has 1 unspecified atom stereocenters. The van der Waals surface area contributed by atoms with Crippen molar-refractivity contribution < 1.29 is 9.53 Å². The van der Waals surface area contributed by atoms with Crippen molar-refractivity contribution in [3.05, 3.63) is 12.7 Å². The topological polar surface area (TPSA) is 26.3 Å². The Morgan fingerprint density at radius 2 is 2.33 bits per heavy atom. The monoisotopic (exact) mass is 226 g/mol. The van der Waals surface area contributed by atoms with E-state index in [4.69, 9.17) is 26.9 Å². The van der Waals surface area contributed by atoms with Crippen molar-refractivity contribution in [2.45, 2.75) is 25.5 Å². The fourth-order valence-electron chi connectivity index (χ4n) is 0.718. The van der Waals surface area contributed by atoms with Gasteiger partial charge >= 0.3 is 5.97 Å². The Kier molecular flexibility index (Phi) is 6.52. The molecule has 0 radical (unpaired) electrons. The van der Waals surface area contributed by atoms with E-state index in [1.165, 1.54) is 0 Å². The molecule has 0 saturated heterocycles. The minimum atomic E-state index is -1.92. The van der Waals surface area contributed by atoms with Crippen LogP contribution in [0.3, 0.4) is 0 Å². The lowest BCUT2D eigenvalue weighted by atomic mass is 10.3. The third kappa shape index (κ3) is 4.80. The van der Waals surface area contributed by atoms with Gasteiger partial charge < -0.3 is 4.74 Å². The first-order chi connectivity index (χ1) is 5.61. The normalized spacial score (nSPS) is 12.7. The highest BCUT2D eigenvalue weighted by Crippen LogP contribution is 2.12. The zero-order valence-corrected chi connectivity index (χ0v) is 9.59. The number of ether oxygens (including phenoxy) is 1. The maximum absolute atomic E-state index is 10.8. The van der Waals surface area contributed by atoms with E-state index in [2.05, 4.69) is 6.58 Å². The summed E-state index contributed by atoms with van der Waals surface area (Å²) in [4.78, 5) is 10.8. The Morgan fingerprint density at radius 1 is 1.75 bits per heavy atom. The molecule has 12 heavy (non-hydrogen) atoms. The van der Waals surface area contributed by atoms with Crippen molar-refractivity contribution in [1.29, 1.82) is 0 Å². The summed E-state index contributed by atoms with van der Waals surface area (Å²) in [6, 6.07) is 0. The molecular formula is C7H12Cl2O2Si. The first kappa shape index (κ1) is 12.0. The molecule has 0 saturated carbocycles. The minimum absolute atomic E-state index is 0.288. The maximum atomic E-state index is 10.8. The van der Waals surface area contributed by atoms with E-state index in [0.29, 0.717) is 0 Å². The Bertz CT molecular complexity index is 161. The van der Waals surface area contributed by atoms with Crippen molar-refractivity contribution in [2.24, 2.45) is 0 Å². The zero-order valence-electron chi connectivity index (χ0n) is 6.93. The number of halogens is 2. The number of esters is 1. The molecule has 0 aliphatic rings. The Hall–Kier alpha value is 0.00688. The molecule has 0 fully saturated rings. The van der Waals surface area contributed by atoms with Crippen LogP contribution in [-0.2, 0) is 9.53 Å². The standard InChI is InChI=1S/C7H12Cl2O2Si/c1-3-5-7(12(8)9)11-6(10)4-2/h4,7,12H,2-3,5H2,1H3. The third-order valence-corrected chi connectivity index (χ3v) is 4.01. The van der Waals surface area contributed by atoms with Gasteiger partial charge in [0.1, 0.15) is 5.73 Å².